The lowest BCUT2D eigenvalue weighted by Crippen LogP contribution is -2.30. The molecule has 0 saturated carbocycles. The third kappa shape index (κ3) is 4.62. The van der Waals surface area contributed by atoms with Gasteiger partial charge in [0.25, 0.3) is 11.8 Å². The molecule has 0 saturated heterocycles. The fraction of sp³-hybridized carbons (Fsp3) is 0.125. The molecule has 3 aromatic rings. The van der Waals surface area contributed by atoms with E-state index < -0.39 is 0 Å². The average Bonchev–Trinajstić information content (AvgIpc) is 3.36. The number of hydrogen-bond acceptors (Lipinski definition) is 5. The van der Waals surface area contributed by atoms with Crippen molar-refractivity contribution in [2.45, 2.75) is 19.2 Å². The van der Waals surface area contributed by atoms with Crippen molar-refractivity contribution >= 4 is 40.7 Å². The fourth-order valence-corrected chi connectivity index (χ4v) is 4.38. The summed E-state index contributed by atoms with van der Waals surface area (Å²) in [5, 5.41) is 2.70. The fourth-order valence-electron chi connectivity index (χ4n) is 3.30. The number of benzene rings is 2. The van der Waals surface area contributed by atoms with Gasteiger partial charge in [0.15, 0.2) is 0 Å². The molecule has 0 fully saturated rings. The predicted molar refractivity (Wildman–Crippen MR) is 120 cm³/mol. The molecule has 4 rings (SSSR count). The van der Waals surface area contributed by atoms with Crippen LogP contribution in [0.1, 0.15) is 23.8 Å². The molecule has 31 heavy (non-hydrogen) atoms. The van der Waals surface area contributed by atoms with Crippen molar-refractivity contribution < 1.29 is 18.8 Å². The number of rotatable bonds is 7. The first kappa shape index (κ1) is 20.7. The summed E-state index contributed by atoms with van der Waals surface area (Å²) in [5.41, 5.74) is 2.68. The summed E-state index contributed by atoms with van der Waals surface area (Å²) < 4.78 is 5.34. The minimum atomic E-state index is -0.357. The van der Waals surface area contributed by atoms with Crippen LogP contribution >= 0.6 is 11.8 Å². The number of thioether (sulfide) groups is 1. The molecule has 6 nitrogen and oxygen atoms in total. The maximum atomic E-state index is 13.2. The van der Waals surface area contributed by atoms with Crippen LogP contribution in [0.4, 0.5) is 5.69 Å². The second kappa shape index (κ2) is 9.06. The molecule has 2 aromatic carbocycles. The summed E-state index contributed by atoms with van der Waals surface area (Å²) in [5.74, 6) is 0.240. The first-order chi connectivity index (χ1) is 15.0. The topological polar surface area (TPSA) is 79.6 Å². The van der Waals surface area contributed by atoms with E-state index in [1.165, 1.54) is 29.8 Å². The molecule has 156 valence electrons. The second-order valence-electron chi connectivity index (χ2n) is 7.01. The molecule has 0 aliphatic carbocycles. The summed E-state index contributed by atoms with van der Waals surface area (Å²) in [7, 11) is 0. The van der Waals surface area contributed by atoms with E-state index >= 15 is 0 Å². The molecule has 1 aliphatic heterocycles. The zero-order chi connectivity index (χ0) is 21.8. The molecule has 0 atom stereocenters. The van der Waals surface area contributed by atoms with E-state index in [1.807, 2.05) is 30.3 Å². The third-order valence-electron chi connectivity index (χ3n) is 4.74. The Kier molecular flexibility index (Phi) is 6.04. The van der Waals surface area contributed by atoms with E-state index in [1.54, 1.807) is 36.4 Å². The standard InChI is InChI=1S/C24H20N2O4S/c1-16(27)25-19-11-9-18(10-12-19)21-22(31-15-17-6-3-2-4-7-17)24(29)26(23(21)28)14-20-8-5-13-30-20/h2-13H,14-15H2,1H3,(H,25,27). The Morgan fingerprint density at radius 2 is 1.71 bits per heavy atom. The Balaban J connectivity index is 1.66. The van der Waals surface area contributed by atoms with Crippen LogP contribution in [0.3, 0.4) is 0 Å². The van der Waals surface area contributed by atoms with Crippen molar-refractivity contribution in [3.05, 3.63) is 94.8 Å². The summed E-state index contributed by atoms with van der Waals surface area (Å²) in [6.45, 7) is 1.51. The van der Waals surface area contributed by atoms with Crippen molar-refractivity contribution in [3.63, 3.8) is 0 Å². The predicted octanol–water partition coefficient (Wildman–Crippen LogP) is 4.45. The lowest BCUT2D eigenvalue weighted by molar-refractivity contribution is -0.137. The molecule has 0 unspecified atom stereocenters. The molecular weight excluding hydrogens is 412 g/mol. The van der Waals surface area contributed by atoms with Crippen molar-refractivity contribution in [3.8, 4) is 0 Å². The number of hydrogen-bond donors (Lipinski definition) is 1. The van der Waals surface area contributed by atoms with Crippen molar-refractivity contribution in [1.82, 2.24) is 4.90 Å². The SMILES string of the molecule is CC(=O)Nc1ccc(C2=C(SCc3ccccc3)C(=O)N(Cc3ccco3)C2=O)cc1. The van der Waals surface area contributed by atoms with Gasteiger partial charge < -0.3 is 9.73 Å². The largest absolute Gasteiger partial charge is 0.467 e. The van der Waals surface area contributed by atoms with Gasteiger partial charge in [0.1, 0.15) is 5.76 Å². The molecule has 0 bridgehead atoms. The first-order valence-corrected chi connectivity index (χ1v) is 10.7. The van der Waals surface area contributed by atoms with Gasteiger partial charge >= 0.3 is 0 Å². The number of carbonyl (C=O) groups is 3. The van der Waals surface area contributed by atoms with Gasteiger partial charge in [0.05, 0.1) is 23.3 Å². The van der Waals surface area contributed by atoms with Crippen LogP contribution in [0, 0.1) is 0 Å². The molecule has 0 spiro atoms. The van der Waals surface area contributed by atoms with E-state index in [0.29, 0.717) is 33.2 Å². The lowest BCUT2D eigenvalue weighted by Gasteiger charge is -2.13. The molecule has 1 aliphatic rings. The van der Waals surface area contributed by atoms with E-state index in [9.17, 15) is 14.4 Å². The van der Waals surface area contributed by atoms with Crippen LogP contribution in [-0.2, 0) is 26.7 Å². The lowest BCUT2D eigenvalue weighted by atomic mass is 10.1. The molecule has 0 radical (unpaired) electrons. The summed E-state index contributed by atoms with van der Waals surface area (Å²) in [6.07, 6.45) is 1.51. The number of furan rings is 1. The average molecular weight is 433 g/mol. The number of anilines is 1. The van der Waals surface area contributed by atoms with E-state index in [0.717, 1.165) is 5.56 Å². The van der Waals surface area contributed by atoms with Crippen molar-refractivity contribution in [2.75, 3.05) is 5.32 Å². The summed E-state index contributed by atoms with van der Waals surface area (Å²) in [6, 6.07) is 20.2. The Labute approximate surface area is 183 Å². The van der Waals surface area contributed by atoms with Gasteiger partial charge in [-0.2, -0.15) is 0 Å². The van der Waals surface area contributed by atoms with Gasteiger partial charge in [0, 0.05) is 18.4 Å². The number of nitrogens with one attached hydrogen (secondary N) is 1. The van der Waals surface area contributed by atoms with Crippen LogP contribution in [0.2, 0.25) is 0 Å². The number of amides is 3. The van der Waals surface area contributed by atoms with Crippen LogP contribution < -0.4 is 5.32 Å². The van der Waals surface area contributed by atoms with Gasteiger partial charge in [-0.1, -0.05) is 42.5 Å². The first-order valence-electron chi connectivity index (χ1n) is 9.70. The van der Waals surface area contributed by atoms with Crippen LogP contribution in [0.5, 0.6) is 0 Å². The van der Waals surface area contributed by atoms with Gasteiger partial charge in [-0.05, 0) is 35.4 Å². The molecular formula is C24H20N2O4S. The molecule has 3 amide bonds. The van der Waals surface area contributed by atoms with Crippen molar-refractivity contribution in [1.29, 1.82) is 0 Å². The van der Waals surface area contributed by atoms with Crippen molar-refractivity contribution in [2.24, 2.45) is 0 Å². The smallest absolute Gasteiger partial charge is 0.268 e. The highest BCUT2D eigenvalue weighted by Crippen LogP contribution is 2.38. The normalized spacial score (nSPS) is 13.8. The highest BCUT2D eigenvalue weighted by molar-refractivity contribution is 8.03. The van der Waals surface area contributed by atoms with Gasteiger partial charge in [0.2, 0.25) is 5.91 Å². The highest BCUT2D eigenvalue weighted by Gasteiger charge is 2.39. The molecule has 7 heteroatoms. The number of nitrogens with zero attached hydrogens (tertiary/aromatic N) is 1. The second-order valence-corrected chi connectivity index (χ2v) is 8.00. The van der Waals surface area contributed by atoms with E-state index in [-0.39, 0.29) is 24.3 Å². The molecule has 1 aromatic heterocycles. The van der Waals surface area contributed by atoms with Crippen LogP contribution in [-0.4, -0.2) is 22.6 Å². The van der Waals surface area contributed by atoms with Gasteiger partial charge in [-0.3, -0.25) is 19.3 Å². The van der Waals surface area contributed by atoms with Crippen LogP contribution in [0.25, 0.3) is 5.57 Å². The summed E-state index contributed by atoms with van der Waals surface area (Å²) in [4.78, 5) is 39.3. The summed E-state index contributed by atoms with van der Waals surface area (Å²) >= 11 is 1.35. The van der Waals surface area contributed by atoms with Gasteiger partial charge in [-0.15, -0.1) is 11.8 Å². The Morgan fingerprint density at radius 3 is 2.35 bits per heavy atom. The number of imide groups is 1. The monoisotopic (exact) mass is 432 g/mol. The Hall–Kier alpha value is -3.58. The highest BCUT2D eigenvalue weighted by atomic mass is 32.2. The number of carbonyl (C=O) groups excluding carboxylic acids is 3. The zero-order valence-corrected chi connectivity index (χ0v) is 17.6. The zero-order valence-electron chi connectivity index (χ0n) is 16.8. The third-order valence-corrected chi connectivity index (χ3v) is 5.88. The Morgan fingerprint density at radius 1 is 0.968 bits per heavy atom. The maximum absolute atomic E-state index is 13.2. The Bertz CT molecular complexity index is 1140. The molecule has 1 N–H and O–H groups in total. The minimum Gasteiger partial charge on any atom is -0.467 e. The molecule has 2 heterocycles. The van der Waals surface area contributed by atoms with E-state index in [2.05, 4.69) is 5.32 Å². The van der Waals surface area contributed by atoms with Crippen LogP contribution in [0.15, 0.2) is 82.3 Å². The minimum absolute atomic E-state index is 0.0769. The van der Waals surface area contributed by atoms with E-state index in [4.69, 9.17) is 4.42 Å². The maximum Gasteiger partial charge on any atom is 0.268 e. The quantitative estimate of drug-likeness (QED) is 0.558. The van der Waals surface area contributed by atoms with Gasteiger partial charge in [-0.25, -0.2) is 0 Å².